The van der Waals surface area contributed by atoms with E-state index in [1.807, 2.05) is 50.2 Å². The highest BCUT2D eigenvalue weighted by Gasteiger charge is 2.16. The molecule has 0 saturated carbocycles. The Morgan fingerprint density at radius 3 is 2.38 bits per heavy atom. The normalized spacial score (nSPS) is 11.2. The molecule has 2 aromatic heterocycles. The molecule has 5 nitrogen and oxygen atoms in total. The van der Waals surface area contributed by atoms with Crippen LogP contribution in [0.15, 0.2) is 41.2 Å². The molecular formula is C19H22ClN3O2S. The SMILES string of the molecule is CCN(Cc1ccc(Cl)s1)C(=O)CCn1c(=O)n(CC)c2ccccc21. The molecule has 3 aromatic rings. The van der Waals surface area contributed by atoms with Crippen LogP contribution in [-0.4, -0.2) is 26.5 Å². The minimum atomic E-state index is -0.0606. The van der Waals surface area contributed by atoms with Gasteiger partial charge >= 0.3 is 5.69 Å². The average Bonchev–Trinajstić information content (AvgIpc) is 3.17. The van der Waals surface area contributed by atoms with Gasteiger partial charge in [-0.3, -0.25) is 13.9 Å². The van der Waals surface area contributed by atoms with Gasteiger partial charge in [-0.05, 0) is 38.1 Å². The number of imidazole rings is 1. The third kappa shape index (κ3) is 3.71. The van der Waals surface area contributed by atoms with Gasteiger partial charge < -0.3 is 4.90 Å². The van der Waals surface area contributed by atoms with Crippen LogP contribution >= 0.6 is 22.9 Å². The van der Waals surface area contributed by atoms with Crippen molar-refractivity contribution in [1.82, 2.24) is 14.0 Å². The molecule has 0 spiro atoms. The van der Waals surface area contributed by atoms with Crippen molar-refractivity contribution in [2.45, 2.75) is 39.9 Å². The van der Waals surface area contributed by atoms with E-state index in [1.54, 1.807) is 14.0 Å². The average molecular weight is 392 g/mol. The second-order valence-corrected chi connectivity index (χ2v) is 7.83. The van der Waals surface area contributed by atoms with Crippen LogP contribution in [0.4, 0.5) is 0 Å². The van der Waals surface area contributed by atoms with Gasteiger partial charge in [-0.25, -0.2) is 4.79 Å². The lowest BCUT2D eigenvalue weighted by atomic mass is 10.3. The van der Waals surface area contributed by atoms with Crippen molar-refractivity contribution in [2.24, 2.45) is 0 Å². The summed E-state index contributed by atoms with van der Waals surface area (Å²) in [4.78, 5) is 28.2. The van der Waals surface area contributed by atoms with Gasteiger partial charge in [-0.2, -0.15) is 0 Å². The van der Waals surface area contributed by atoms with Crippen LogP contribution in [0.1, 0.15) is 25.1 Å². The number of carbonyl (C=O) groups excluding carboxylic acids is 1. The molecule has 0 N–H and O–H groups in total. The molecule has 1 amide bonds. The lowest BCUT2D eigenvalue weighted by Gasteiger charge is -2.20. The summed E-state index contributed by atoms with van der Waals surface area (Å²) in [5.74, 6) is 0.0391. The van der Waals surface area contributed by atoms with E-state index in [0.29, 0.717) is 32.6 Å². The topological polar surface area (TPSA) is 47.2 Å². The van der Waals surface area contributed by atoms with Crippen LogP contribution in [0, 0.1) is 0 Å². The summed E-state index contributed by atoms with van der Waals surface area (Å²) in [5, 5.41) is 0. The molecular weight excluding hydrogens is 370 g/mol. The lowest BCUT2D eigenvalue weighted by molar-refractivity contribution is -0.131. The van der Waals surface area contributed by atoms with Gasteiger partial charge in [0.15, 0.2) is 0 Å². The van der Waals surface area contributed by atoms with Crippen LogP contribution < -0.4 is 5.69 Å². The zero-order valence-corrected chi connectivity index (χ0v) is 16.5. The first kappa shape index (κ1) is 18.7. The van der Waals surface area contributed by atoms with Gasteiger partial charge in [0.25, 0.3) is 0 Å². The zero-order chi connectivity index (χ0) is 18.7. The maximum Gasteiger partial charge on any atom is 0.329 e. The Morgan fingerprint density at radius 1 is 1.12 bits per heavy atom. The number of para-hydroxylation sites is 2. The Morgan fingerprint density at radius 2 is 1.81 bits per heavy atom. The maximum atomic E-state index is 12.7. The van der Waals surface area contributed by atoms with E-state index in [2.05, 4.69) is 0 Å². The molecule has 0 atom stereocenters. The van der Waals surface area contributed by atoms with Gasteiger partial charge in [-0.1, -0.05) is 23.7 Å². The summed E-state index contributed by atoms with van der Waals surface area (Å²) < 4.78 is 4.17. The summed E-state index contributed by atoms with van der Waals surface area (Å²) in [6, 6.07) is 11.5. The van der Waals surface area contributed by atoms with Crippen molar-refractivity contribution in [3.63, 3.8) is 0 Å². The number of carbonyl (C=O) groups is 1. The molecule has 26 heavy (non-hydrogen) atoms. The fourth-order valence-corrected chi connectivity index (χ4v) is 4.26. The smallest absolute Gasteiger partial charge is 0.329 e. The predicted octanol–water partition coefficient (Wildman–Crippen LogP) is 3.98. The molecule has 3 rings (SSSR count). The number of aryl methyl sites for hydroxylation is 2. The summed E-state index contributed by atoms with van der Waals surface area (Å²) in [5.41, 5.74) is 1.72. The summed E-state index contributed by atoms with van der Waals surface area (Å²) in [7, 11) is 0. The van der Waals surface area contributed by atoms with Crippen LogP contribution in [-0.2, 0) is 24.4 Å². The maximum absolute atomic E-state index is 12.7. The molecule has 0 bridgehead atoms. The summed E-state index contributed by atoms with van der Waals surface area (Å²) >= 11 is 7.46. The van der Waals surface area contributed by atoms with Crippen molar-refractivity contribution >= 4 is 39.9 Å². The Kier molecular flexibility index (Phi) is 5.84. The summed E-state index contributed by atoms with van der Waals surface area (Å²) in [6.07, 6.45) is 0.296. The number of hydrogen-bond donors (Lipinski definition) is 0. The fraction of sp³-hybridized carbons (Fsp3) is 0.368. The monoisotopic (exact) mass is 391 g/mol. The Balaban J connectivity index is 1.75. The predicted molar refractivity (Wildman–Crippen MR) is 107 cm³/mol. The Bertz CT molecular complexity index is 973. The number of benzene rings is 1. The van der Waals surface area contributed by atoms with Crippen molar-refractivity contribution in [3.8, 4) is 0 Å². The molecule has 0 aliphatic rings. The molecule has 0 aliphatic carbocycles. The Hall–Kier alpha value is -2.05. The first-order valence-corrected chi connectivity index (χ1v) is 9.94. The van der Waals surface area contributed by atoms with Crippen molar-refractivity contribution in [1.29, 1.82) is 0 Å². The van der Waals surface area contributed by atoms with E-state index in [-0.39, 0.29) is 11.6 Å². The highest BCUT2D eigenvalue weighted by molar-refractivity contribution is 7.16. The van der Waals surface area contributed by atoms with Gasteiger partial charge in [0.1, 0.15) is 0 Å². The van der Waals surface area contributed by atoms with Crippen LogP contribution in [0.2, 0.25) is 4.34 Å². The number of fused-ring (bicyclic) bond motifs is 1. The second kappa shape index (κ2) is 8.10. The third-order valence-corrected chi connectivity index (χ3v) is 5.72. The number of halogens is 1. The van der Waals surface area contributed by atoms with Gasteiger partial charge in [0, 0.05) is 30.9 Å². The number of thiophene rings is 1. The van der Waals surface area contributed by atoms with Gasteiger partial charge in [0.05, 0.1) is 21.9 Å². The molecule has 0 unspecified atom stereocenters. The van der Waals surface area contributed by atoms with Crippen LogP contribution in [0.25, 0.3) is 11.0 Å². The van der Waals surface area contributed by atoms with E-state index in [4.69, 9.17) is 11.6 Å². The fourth-order valence-electron chi connectivity index (χ4n) is 3.16. The molecule has 2 heterocycles. The minimum absolute atomic E-state index is 0.0391. The second-order valence-electron chi connectivity index (χ2n) is 6.03. The van der Waals surface area contributed by atoms with E-state index in [0.717, 1.165) is 20.2 Å². The third-order valence-electron chi connectivity index (χ3n) is 4.50. The summed E-state index contributed by atoms with van der Waals surface area (Å²) in [6.45, 7) is 6.09. The number of hydrogen-bond acceptors (Lipinski definition) is 3. The number of aromatic nitrogens is 2. The van der Waals surface area contributed by atoms with Gasteiger partial charge in [0.2, 0.25) is 5.91 Å². The number of rotatable bonds is 7. The largest absolute Gasteiger partial charge is 0.338 e. The highest BCUT2D eigenvalue weighted by atomic mass is 35.5. The molecule has 138 valence electrons. The molecule has 0 aliphatic heterocycles. The highest BCUT2D eigenvalue weighted by Crippen LogP contribution is 2.23. The number of amides is 1. The molecule has 0 radical (unpaired) electrons. The van der Waals surface area contributed by atoms with E-state index < -0.39 is 0 Å². The first-order chi connectivity index (χ1) is 12.5. The molecule has 0 fully saturated rings. The lowest BCUT2D eigenvalue weighted by Crippen LogP contribution is -2.32. The number of nitrogens with zero attached hydrogens (tertiary/aromatic N) is 3. The van der Waals surface area contributed by atoms with E-state index >= 15 is 0 Å². The van der Waals surface area contributed by atoms with E-state index in [9.17, 15) is 9.59 Å². The van der Waals surface area contributed by atoms with Crippen LogP contribution in [0.3, 0.4) is 0 Å². The standard InChI is InChI=1S/C19H22ClN3O2S/c1-3-21(13-14-9-10-17(20)26-14)18(24)11-12-23-16-8-6-5-7-15(16)22(4-2)19(23)25/h5-10H,3-4,11-13H2,1-2H3. The van der Waals surface area contributed by atoms with Crippen molar-refractivity contribution in [2.75, 3.05) is 6.54 Å². The minimum Gasteiger partial charge on any atom is -0.338 e. The van der Waals surface area contributed by atoms with Crippen molar-refractivity contribution < 1.29 is 4.79 Å². The zero-order valence-electron chi connectivity index (χ0n) is 14.9. The first-order valence-electron chi connectivity index (χ1n) is 8.75. The molecule has 1 aromatic carbocycles. The van der Waals surface area contributed by atoms with Crippen LogP contribution in [0.5, 0.6) is 0 Å². The van der Waals surface area contributed by atoms with E-state index in [1.165, 1.54) is 11.3 Å². The molecule has 0 saturated heterocycles. The van der Waals surface area contributed by atoms with Crippen molar-refractivity contribution in [3.05, 3.63) is 56.1 Å². The quantitative estimate of drug-likeness (QED) is 0.611. The van der Waals surface area contributed by atoms with Gasteiger partial charge in [-0.15, -0.1) is 11.3 Å². The molecule has 7 heteroatoms. The Labute approximate surface area is 161 Å².